The van der Waals surface area contributed by atoms with Crippen molar-refractivity contribution >= 4 is 5.97 Å². The molecule has 0 aliphatic carbocycles. The summed E-state index contributed by atoms with van der Waals surface area (Å²) in [4.78, 5) is 13.0. The van der Waals surface area contributed by atoms with Crippen molar-refractivity contribution < 1.29 is 22.7 Å². The lowest BCUT2D eigenvalue weighted by atomic mass is 9.96. The summed E-state index contributed by atoms with van der Waals surface area (Å²) in [6.07, 6.45) is -3.27. The monoisotopic (exact) mass is 267 g/mol. The van der Waals surface area contributed by atoms with Crippen LogP contribution in [0.1, 0.15) is 33.1 Å². The van der Waals surface area contributed by atoms with Gasteiger partial charge < -0.3 is 4.74 Å². The normalized spacial score (nSPS) is 23.7. The van der Waals surface area contributed by atoms with Crippen LogP contribution in [0.3, 0.4) is 0 Å². The fourth-order valence-electron chi connectivity index (χ4n) is 2.26. The highest BCUT2D eigenvalue weighted by molar-refractivity contribution is 5.70. The third kappa shape index (κ3) is 4.48. The van der Waals surface area contributed by atoms with Gasteiger partial charge in [-0.15, -0.1) is 0 Å². The molecule has 0 aromatic rings. The molecule has 1 fully saturated rings. The van der Waals surface area contributed by atoms with Gasteiger partial charge in [0.25, 0.3) is 0 Å². The van der Waals surface area contributed by atoms with Gasteiger partial charge in [0.15, 0.2) is 0 Å². The minimum absolute atomic E-state index is 0.00985. The summed E-state index contributed by atoms with van der Waals surface area (Å²) < 4.78 is 42.7. The second-order valence-corrected chi connectivity index (χ2v) is 4.73. The second-order valence-electron chi connectivity index (χ2n) is 4.73. The molecule has 2 atom stereocenters. The molecule has 106 valence electrons. The van der Waals surface area contributed by atoms with Gasteiger partial charge in [-0.3, -0.25) is 9.69 Å². The van der Waals surface area contributed by atoms with Crippen LogP contribution in [0.2, 0.25) is 0 Å². The fraction of sp³-hybridized carbons (Fsp3) is 0.917. The molecule has 0 N–H and O–H groups in total. The highest BCUT2D eigenvalue weighted by Crippen LogP contribution is 2.33. The zero-order chi connectivity index (χ0) is 13.8. The highest BCUT2D eigenvalue weighted by Gasteiger charge is 2.42. The Labute approximate surface area is 105 Å². The van der Waals surface area contributed by atoms with Crippen LogP contribution in [0.5, 0.6) is 0 Å². The van der Waals surface area contributed by atoms with Crippen molar-refractivity contribution in [3.63, 3.8) is 0 Å². The maximum Gasteiger partial charge on any atom is 0.393 e. The average molecular weight is 267 g/mol. The largest absolute Gasteiger partial charge is 0.466 e. The zero-order valence-corrected chi connectivity index (χ0v) is 10.8. The molecule has 1 saturated heterocycles. The average Bonchev–Trinajstić information content (AvgIpc) is 2.28. The van der Waals surface area contributed by atoms with Crippen LogP contribution in [0, 0.1) is 5.92 Å². The quantitative estimate of drug-likeness (QED) is 0.733. The van der Waals surface area contributed by atoms with Crippen molar-refractivity contribution in [1.82, 2.24) is 4.90 Å². The number of nitrogens with zero attached hydrogens (tertiary/aromatic N) is 1. The van der Waals surface area contributed by atoms with Crippen LogP contribution in [0.4, 0.5) is 13.2 Å². The van der Waals surface area contributed by atoms with E-state index in [0.29, 0.717) is 19.6 Å². The molecule has 0 saturated carbocycles. The van der Waals surface area contributed by atoms with E-state index in [-0.39, 0.29) is 31.4 Å². The van der Waals surface area contributed by atoms with E-state index in [1.807, 2.05) is 0 Å². The van der Waals surface area contributed by atoms with E-state index in [9.17, 15) is 18.0 Å². The number of piperidine rings is 1. The van der Waals surface area contributed by atoms with Crippen LogP contribution in [-0.2, 0) is 9.53 Å². The van der Waals surface area contributed by atoms with Crippen molar-refractivity contribution in [1.29, 1.82) is 0 Å². The minimum Gasteiger partial charge on any atom is -0.466 e. The number of hydrogen-bond acceptors (Lipinski definition) is 3. The standard InChI is InChI=1S/C12H20F3NO2/c1-3-18-11(17)7-9(2)16-6-4-5-10(8-16)12(13,14)15/h9-10H,3-8H2,1-2H3. The summed E-state index contributed by atoms with van der Waals surface area (Å²) in [5.74, 6) is -1.62. The lowest BCUT2D eigenvalue weighted by Crippen LogP contribution is -2.46. The van der Waals surface area contributed by atoms with Gasteiger partial charge in [-0.05, 0) is 33.2 Å². The topological polar surface area (TPSA) is 29.5 Å². The van der Waals surface area contributed by atoms with Crippen LogP contribution in [0.15, 0.2) is 0 Å². The molecule has 6 heteroatoms. The molecule has 0 spiro atoms. The summed E-state index contributed by atoms with van der Waals surface area (Å²) in [5, 5.41) is 0. The molecule has 1 heterocycles. The number of likely N-dealkylation sites (tertiary alicyclic amines) is 1. The van der Waals surface area contributed by atoms with Gasteiger partial charge in [0.2, 0.25) is 0 Å². The molecule has 1 aliphatic rings. The van der Waals surface area contributed by atoms with E-state index >= 15 is 0 Å². The maximum absolute atomic E-state index is 12.6. The molecular weight excluding hydrogens is 247 g/mol. The number of ether oxygens (including phenoxy) is 1. The van der Waals surface area contributed by atoms with Crippen LogP contribution in [0.25, 0.3) is 0 Å². The van der Waals surface area contributed by atoms with Crippen molar-refractivity contribution in [2.45, 2.75) is 45.3 Å². The zero-order valence-electron chi connectivity index (χ0n) is 10.8. The van der Waals surface area contributed by atoms with E-state index in [1.165, 1.54) is 0 Å². The number of halogens is 3. The molecule has 0 amide bonds. The third-order valence-electron chi connectivity index (χ3n) is 3.31. The first kappa shape index (κ1) is 15.3. The van der Waals surface area contributed by atoms with Crippen LogP contribution >= 0.6 is 0 Å². The summed E-state index contributed by atoms with van der Waals surface area (Å²) in [7, 11) is 0. The Kier molecular flexibility index (Phi) is 5.44. The molecule has 0 radical (unpaired) electrons. The molecule has 18 heavy (non-hydrogen) atoms. The summed E-state index contributed by atoms with van der Waals surface area (Å²) in [6, 6.07) is -0.200. The van der Waals surface area contributed by atoms with Crippen molar-refractivity contribution in [2.24, 2.45) is 5.92 Å². The molecule has 0 aromatic heterocycles. The van der Waals surface area contributed by atoms with Crippen LogP contribution < -0.4 is 0 Å². The van der Waals surface area contributed by atoms with Gasteiger partial charge in [0.1, 0.15) is 0 Å². The molecule has 0 bridgehead atoms. The van der Waals surface area contributed by atoms with E-state index in [1.54, 1.807) is 18.7 Å². The SMILES string of the molecule is CCOC(=O)CC(C)N1CCCC(C(F)(F)F)C1. The van der Waals surface area contributed by atoms with E-state index in [2.05, 4.69) is 0 Å². The first-order chi connectivity index (χ1) is 8.34. The van der Waals surface area contributed by atoms with Crippen molar-refractivity contribution in [3.8, 4) is 0 Å². The van der Waals surface area contributed by atoms with Gasteiger partial charge in [0.05, 0.1) is 18.9 Å². The minimum atomic E-state index is -4.14. The van der Waals surface area contributed by atoms with Gasteiger partial charge >= 0.3 is 12.1 Å². The molecule has 1 rings (SSSR count). The fourth-order valence-corrected chi connectivity index (χ4v) is 2.26. The number of esters is 1. The Hall–Kier alpha value is -0.780. The molecule has 0 aromatic carbocycles. The Morgan fingerprint density at radius 1 is 1.50 bits per heavy atom. The Morgan fingerprint density at radius 2 is 2.17 bits per heavy atom. The summed E-state index contributed by atoms with van der Waals surface area (Å²) >= 11 is 0. The van der Waals surface area contributed by atoms with Gasteiger partial charge in [-0.25, -0.2) is 0 Å². The number of carbonyl (C=O) groups is 1. The van der Waals surface area contributed by atoms with E-state index in [4.69, 9.17) is 4.74 Å². The Morgan fingerprint density at radius 3 is 2.72 bits per heavy atom. The highest BCUT2D eigenvalue weighted by atomic mass is 19.4. The smallest absolute Gasteiger partial charge is 0.393 e. The molecular formula is C12H20F3NO2. The molecule has 3 nitrogen and oxygen atoms in total. The maximum atomic E-state index is 12.6. The first-order valence-corrected chi connectivity index (χ1v) is 6.31. The molecule has 1 aliphatic heterocycles. The van der Waals surface area contributed by atoms with Crippen molar-refractivity contribution in [2.75, 3.05) is 19.7 Å². The van der Waals surface area contributed by atoms with Crippen molar-refractivity contribution in [3.05, 3.63) is 0 Å². The summed E-state index contributed by atoms with van der Waals surface area (Å²) in [5.41, 5.74) is 0. The van der Waals surface area contributed by atoms with E-state index < -0.39 is 12.1 Å². The first-order valence-electron chi connectivity index (χ1n) is 6.31. The number of rotatable bonds is 4. The van der Waals surface area contributed by atoms with Gasteiger partial charge in [0, 0.05) is 12.6 Å². The van der Waals surface area contributed by atoms with E-state index in [0.717, 1.165) is 0 Å². The number of alkyl halides is 3. The Balaban J connectivity index is 2.48. The lowest BCUT2D eigenvalue weighted by Gasteiger charge is -2.37. The third-order valence-corrected chi connectivity index (χ3v) is 3.31. The Bertz CT molecular complexity index is 281. The predicted molar refractivity (Wildman–Crippen MR) is 61.1 cm³/mol. The molecule has 2 unspecified atom stereocenters. The number of hydrogen-bond donors (Lipinski definition) is 0. The lowest BCUT2D eigenvalue weighted by molar-refractivity contribution is -0.188. The van der Waals surface area contributed by atoms with Crippen LogP contribution in [-0.4, -0.2) is 42.8 Å². The summed E-state index contributed by atoms with van der Waals surface area (Å²) in [6.45, 7) is 4.40. The predicted octanol–water partition coefficient (Wildman–Crippen LogP) is 2.60. The second kappa shape index (κ2) is 6.41. The van der Waals surface area contributed by atoms with Gasteiger partial charge in [-0.1, -0.05) is 0 Å². The van der Waals surface area contributed by atoms with Gasteiger partial charge in [-0.2, -0.15) is 13.2 Å². The number of carbonyl (C=O) groups excluding carboxylic acids is 1.